The van der Waals surface area contributed by atoms with Crippen molar-refractivity contribution in [3.8, 4) is 0 Å². The number of likely N-dealkylation sites (tertiary alicyclic amines) is 2. The molecule has 0 atom stereocenters. The maximum absolute atomic E-state index is 2.40. The lowest BCUT2D eigenvalue weighted by Gasteiger charge is -2.28. The van der Waals surface area contributed by atoms with Crippen LogP contribution in [0.2, 0.25) is 0 Å². The van der Waals surface area contributed by atoms with Gasteiger partial charge in [-0.25, -0.2) is 0 Å². The normalized spacial score (nSPS) is 23.3. The van der Waals surface area contributed by atoms with Crippen LogP contribution in [0.5, 0.6) is 0 Å². The molecule has 0 N–H and O–H groups in total. The zero-order chi connectivity index (χ0) is 17.9. The van der Waals surface area contributed by atoms with Crippen LogP contribution in [0.1, 0.15) is 61.8 Å². The molecule has 0 unspecified atom stereocenters. The van der Waals surface area contributed by atoms with Crippen LogP contribution >= 0.6 is 0 Å². The summed E-state index contributed by atoms with van der Waals surface area (Å²) in [6.07, 6.45) is 5.60. The van der Waals surface area contributed by atoms with E-state index >= 15 is 0 Å². The van der Waals surface area contributed by atoms with E-state index in [-0.39, 0.29) is 22.3 Å². The van der Waals surface area contributed by atoms with Crippen molar-refractivity contribution in [1.29, 1.82) is 0 Å². The zero-order valence-corrected chi connectivity index (χ0v) is 17.4. The summed E-state index contributed by atoms with van der Waals surface area (Å²) in [5.74, 6) is 1.96. The fraction of sp³-hybridized carbons (Fsp3) is 1.00. The first-order chi connectivity index (χ1) is 11.4. The van der Waals surface area contributed by atoms with Crippen molar-refractivity contribution in [2.45, 2.75) is 61.8 Å². The molecule has 0 aromatic rings. The molecule has 0 aliphatic carbocycles. The highest BCUT2D eigenvalue weighted by Crippen LogP contribution is 2.14. The van der Waals surface area contributed by atoms with Crippen LogP contribution in [0.4, 0.5) is 0 Å². The lowest BCUT2D eigenvalue weighted by molar-refractivity contribution is 0.181. The van der Waals surface area contributed by atoms with Crippen molar-refractivity contribution in [1.82, 2.24) is 19.6 Å². The van der Waals surface area contributed by atoms with Crippen molar-refractivity contribution in [2.24, 2.45) is 11.8 Å². The number of likely N-dealkylation sites (N-methyl/N-ethyl adjacent to an activating group) is 2. The molecule has 4 nitrogen and oxygen atoms in total. The van der Waals surface area contributed by atoms with Gasteiger partial charge in [0.15, 0.2) is 0 Å². The van der Waals surface area contributed by atoms with Crippen LogP contribution in [0.25, 0.3) is 0 Å². The van der Waals surface area contributed by atoms with Crippen molar-refractivity contribution in [2.75, 3.05) is 80.5 Å². The fourth-order valence-corrected chi connectivity index (χ4v) is 3.18. The van der Waals surface area contributed by atoms with Crippen molar-refractivity contribution < 1.29 is 0 Å². The average molecular weight is 389 g/mol. The number of piperazine rings is 1. The molecule has 0 spiro atoms. The third-order valence-electron chi connectivity index (χ3n) is 5.74. The molecule has 0 bridgehead atoms. The van der Waals surface area contributed by atoms with Crippen LogP contribution in [0.15, 0.2) is 0 Å². The molecule has 0 aromatic carbocycles. The Morgan fingerprint density at radius 1 is 0.407 bits per heavy atom. The van der Waals surface area contributed by atoms with Gasteiger partial charge in [0, 0.05) is 26.2 Å². The molecular weight excluding hydrogens is 332 g/mol. The van der Waals surface area contributed by atoms with Gasteiger partial charge >= 0.3 is 0 Å². The van der Waals surface area contributed by atoms with Crippen LogP contribution < -0.4 is 0 Å². The topological polar surface area (TPSA) is 13.0 Å². The van der Waals surface area contributed by atoms with E-state index in [9.17, 15) is 0 Å². The van der Waals surface area contributed by atoms with E-state index in [0.717, 1.165) is 11.8 Å². The number of hydrogen-bond acceptors (Lipinski definition) is 4. The monoisotopic (exact) mass is 388 g/mol. The summed E-state index contributed by atoms with van der Waals surface area (Å²) in [5, 5.41) is 0. The molecule has 3 aliphatic rings. The Morgan fingerprint density at radius 2 is 0.593 bits per heavy atom. The minimum atomic E-state index is 0. The minimum Gasteiger partial charge on any atom is -0.306 e. The summed E-state index contributed by atoms with van der Waals surface area (Å²) in [7, 11) is 8.75. The molecule has 0 radical (unpaired) electrons. The molecule has 0 saturated carbocycles. The van der Waals surface area contributed by atoms with Gasteiger partial charge in [-0.2, -0.15) is 0 Å². The largest absolute Gasteiger partial charge is 0.306 e. The van der Waals surface area contributed by atoms with E-state index in [1.54, 1.807) is 0 Å². The highest BCUT2D eigenvalue weighted by atomic mass is 15.2. The Bertz CT molecular complexity index is 209. The molecule has 3 heterocycles. The molecule has 168 valence electrons. The lowest BCUT2D eigenvalue weighted by Crippen LogP contribution is -2.42. The molecular formula is C23H56N4. The van der Waals surface area contributed by atoms with Crippen molar-refractivity contribution >= 4 is 0 Å². The maximum Gasteiger partial charge on any atom is 0.0107 e. The number of nitrogens with zero attached hydrogens (tertiary/aromatic N) is 4. The van der Waals surface area contributed by atoms with Gasteiger partial charge in [0.2, 0.25) is 0 Å². The average Bonchev–Trinajstić information content (AvgIpc) is 2.57. The van der Waals surface area contributed by atoms with Gasteiger partial charge in [-0.05, 0) is 91.9 Å². The SMILES string of the molecule is C.C.C.CC1CCN(C)CC1.CC1CCN(C)CC1.CN1CCN(C)CC1. The van der Waals surface area contributed by atoms with E-state index in [2.05, 4.69) is 61.6 Å². The Balaban J connectivity index is -0.000000303. The Labute approximate surface area is 174 Å². The van der Waals surface area contributed by atoms with Crippen molar-refractivity contribution in [3.05, 3.63) is 0 Å². The summed E-state index contributed by atoms with van der Waals surface area (Å²) >= 11 is 0. The molecule has 27 heavy (non-hydrogen) atoms. The first-order valence-corrected chi connectivity index (χ1v) is 10.1. The second-order valence-corrected chi connectivity index (χ2v) is 8.58. The molecule has 0 aromatic heterocycles. The molecule has 3 saturated heterocycles. The fourth-order valence-electron chi connectivity index (χ4n) is 3.18. The first kappa shape index (κ1) is 31.5. The lowest BCUT2D eigenvalue weighted by atomic mass is 10.00. The Kier molecular flexibility index (Phi) is 20.9. The number of piperidine rings is 2. The van der Waals surface area contributed by atoms with Crippen LogP contribution in [-0.2, 0) is 0 Å². The first-order valence-electron chi connectivity index (χ1n) is 10.1. The molecule has 3 fully saturated rings. The molecule has 4 heteroatoms. The highest BCUT2D eigenvalue weighted by molar-refractivity contribution is 4.66. The van der Waals surface area contributed by atoms with Crippen molar-refractivity contribution in [3.63, 3.8) is 0 Å². The predicted molar refractivity (Wildman–Crippen MR) is 127 cm³/mol. The third kappa shape index (κ3) is 16.5. The number of hydrogen-bond donors (Lipinski definition) is 0. The van der Waals surface area contributed by atoms with Gasteiger partial charge in [0.05, 0.1) is 0 Å². The number of rotatable bonds is 0. The van der Waals surface area contributed by atoms with E-state index in [0.29, 0.717) is 0 Å². The zero-order valence-electron chi connectivity index (χ0n) is 17.4. The summed E-state index contributed by atoms with van der Waals surface area (Å²) < 4.78 is 0. The summed E-state index contributed by atoms with van der Waals surface area (Å²) in [6.45, 7) is 14.8. The van der Waals surface area contributed by atoms with E-state index in [4.69, 9.17) is 0 Å². The molecule has 3 aliphatic heterocycles. The van der Waals surface area contributed by atoms with Crippen LogP contribution in [0.3, 0.4) is 0 Å². The quantitative estimate of drug-likeness (QED) is 0.607. The smallest absolute Gasteiger partial charge is 0.0107 e. The Hall–Kier alpha value is -0.160. The highest BCUT2D eigenvalue weighted by Gasteiger charge is 2.11. The molecule has 3 rings (SSSR count). The third-order valence-corrected chi connectivity index (χ3v) is 5.74. The van der Waals surface area contributed by atoms with Gasteiger partial charge in [-0.3, -0.25) is 0 Å². The second kappa shape index (κ2) is 17.9. The van der Waals surface area contributed by atoms with Gasteiger partial charge in [-0.1, -0.05) is 36.1 Å². The van der Waals surface area contributed by atoms with Gasteiger partial charge in [0.1, 0.15) is 0 Å². The maximum atomic E-state index is 2.40. The molecule has 0 amide bonds. The predicted octanol–water partition coefficient (Wildman–Crippen LogP) is 4.47. The van der Waals surface area contributed by atoms with Crippen LogP contribution in [0, 0.1) is 11.8 Å². The Morgan fingerprint density at radius 3 is 0.778 bits per heavy atom. The second-order valence-electron chi connectivity index (χ2n) is 8.58. The van der Waals surface area contributed by atoms with E-state index < -0.39 is 0 Å². The summed E-state index contributed by atoms with van der Waals surface area (Å²) in [4.78, 5) is 9.53. The van der Waals surface area contributed by atoms with Gasteiger partial charge in [0.25, 0.3) is 0 Å². The van der Waals surface area contributed by atoms with E-state index in [1.807, 2.05) is 0 Å². The van der Waals surface area contributed by atoms with Gasteiger partial charge < -0.3 is 19.6 Å². The standard InChI is InChI=1S/2C7H15N.C6H14N2.3CH4/c3*1-7-3-5-8(2)6-4-7;;;/h2*7H,3-6H2,1-2H3;3-6H2,1-2H3;3*1H4. The summed E-state index contributed by atoms with van der Waals surface area (Å²) in [5.41, 5.74) is 0. The summed E-state index contributed by atoms with van der Waals surface area (Å²) in [6, 6.07) is 0. The van der Waals surface area contributed by atoms with Gasteiger partial charge in [-0.15, -0.1) is 0 Å². The van der Waals surface area contributed by atoms with E-state index in [1.165, 1.54) is 78.0 Å². The minimum absolute atomic E-state index is 0. The van der Waals surface area contributed by atoms with Crippen LogP contribution in [-0.4, -0.2) is 100 Å².